The van der Waals surface area contributed by atoms with Gasteiger partial charge in [0.1, 0.15) is 11.4 Å². The number of aromatic nitrogens is 3. The molecule has 6 heteroatoms. The Balaban J connectivity index is 1.88. The molecule has 0 saturated carbocycles. The van der Waals surface area contributed by atoms with Gasteiger partial charge in [-0.15, -0.1) is 0 Å². The summed E-state index contributed by atoms with van der Waals surface area (Å²) in [5.41, 5.74) is 3.04. The summed E-state index contributed by atoms with van der Waals surface area (Å²) in [7, 11) is 1.96. The normalized spacial score (nSPS) is 10.9. The quantitative estimate of drug-likeness (QED) is 0.565. The Kier molecular flexibility index (Phi) is 6.35. The molecule has 27 heavy (non-hydrogen) atoms. The smallest absolute Gasteiger partial charge is 0.270 e. The molecule has 0 fully saturated rings. The van der Waals surface area contributed by atoms with E-state index in [0.717, 1.165) is 29.9 Å². The molecule has 0 spiro atoms. The summed E-state index contributed by atoms with van der Waals surface area (Å²) in [6, 6.07) is 13.1. The maximum Gasteiger partial charge on any atom is 0.270 e. The molecule has 3 aromatic rings. The van der Waals surface area contributed by atoms with Gasteiger partial charge < -0.3 is 9.88 Å². The molecule has 2 aromatic heterocycles. The van der Waals surface area contributed by atoms with E-state index in [2.05, 4.69) is 17.3 Å². The van der Waals surface area contributed by atoms with Crippen molar-refractivity contribution in [2.24, 2.45) is 7.05 Å². The van der Waals surface area contributed by atoms with Crippen LogP contribution in [0.5, 0.6) is 0 Å². The number of unbranched alkanes of at least 4 members (excludes halogenated alkanes) is 3. The number of aryl methyl sites for hydroxylation is 1. The standard InChI is InChI=1S/C21H25ClN4O/c1-3-4-5-6-13-23-21(27)20-15-18(19-8-7-14-25(19)2)24-26(20)17-11-9-16(22)10-12-17/h7-12,14-15H,3-6,13H2,1-2H3,(H,23,27). The van der Waals surface area contributed by atoms with E-state index in [9.17, 15) is 4.79 Å². The van der Waals surface area contributed by atoms with Gasteiger partial charge in [-0.05, 0) is 48.9 Å². The van der Waals surface area contributed by atoms with Gasteiger partial charge in [0, 0.05) is 24.8 Å². The maximum absolute atomic E-state index is 12.8. The highest BCUT2D eigenvalue weighted by atomic mass is 35.5. The van der Waals surface area contributed by atoms with Crippen molar-refractivity contribution in [3.63, 3.8) is 0 Å². The number of nitrogens with one attached hydrogen (secondary N) is 1. The van der Waals surface area contributed by atoms with E-state index in [1.54, 1.807) is 16.8 Å². The molecule has 0 unspecified atom stereocenters. The molecule has 1 aromatic carbocycles. The van der Waals surface area contributed by atoms with Crippen molar-refractivity contribution in [2.45, 2.75) is 32.6 Å². The third-order valence-electron chi connectivity index (χ3n) is 4.54. The summed E-state index contributed by atoms with van der Waals surface area (Å²) in [5, 5.41) is 8.35. The van der Waals surface area contributed by atoms with E-state index in [4.69, 9.17) is 11.6 Å². The summed E-state index contributed by atoms with van der Waals surface area (Å²) < 4.78 is 3.67. The van der Waals surface area contributed by atoms with Gasteiger partial charge in [-0.25, -0.2) is 4.68 Å². The minimum absolute atomic E-state index is 0.116. The lowest BCUT2D eigenvalue weighted by atomic mass is 10.2. The largest absolute Gasteiger partial charge is 0.351 e. The first kappa shape index (κ1) is 19.2. The molecule has 1 N–H and O–H groups in total. The lowest BCUT2D eigenvalue weighted by Crippen LogP contribution is -2.26. The SMILES string of the molecule is CCCCCCNC(=O)c1cc(-c2cccn2C)nn1-c1ccc(Cl)cc1. The fourth-order valence-corrected chi connectivity index (χ4v) is 3.14. The van der Waals surface area contributed by atoms with Crippen LogP contribution in [0.25, 0.3) is 17.1 Å². The van der Waals surface area contributed by atoms with Crippen LogP contribution in [0.2, 0.25) is 5.02 Å². The van der Waals surface area contributed by atoms with Gasteiger partial charge in [-0.2, -0.15) is 5.10 Å². The zero-order valence-electron chi connectivity index (χ0n) is 15.8. The number of rotatable bonds is 8. The number of amides is 1. The lowest BCUT2D eigenvalue weighted by Gasteiger charge is -2.08. The third-order valence-corrected chi connectivity index (χ3v) is 4.79. The topological polar surface area (TPSA) is 51.9 Å². The van der Waals surface area contributed by atoms with Crippen LogP contribution >= 0.6 is 11.6 Å². The fraction of sp³-hybridized carbons (Fsp3) is 0.333. The molecule has 5 nitrogen and oxygen atoms in total. The molecular formula is C21H25ClN4O. The Morgan fingerprint density at radius 1 is 1.15 bits per heavy atom. The van der Waals surface area contributed by atoms with Gasteiger partial charge >= 0.3 is 0 Å². The molecule has 0 aliphatic rings. The molecule has 0 aliphatic carbocycles. The first-order valence-corrected chi connectivity index (χ1v) is 9.74. The predicted octanol–water partition coefficient (Wildman–Crippen LogP) is 4.84. The molecular weight excluding hydrogens is 360 g/mol. The maximum atomic E-state index is 12.8. The molecule has 0 saturated heterocycles. The van der Waals surface area contributed by atoms with Crippen molar-refractivity contribution in [1.29, 1.82) is 0 Å². The summed E-state index contributed by atoms with van der Waals surface area (Å²) in [5.74, 6) is -0.116. The Bertz CT molecular complexity index is 895. The molecule has 1 amide bonds. The van der Waals surface area contributed by atoms with Crippen molar-refractivity contribution < 1.29 is 4.79 Å². The first-order chi connectivity index (χ1) is 13.1. The van der Waals surface area contributed by atoms with Crippen molar-refractivity contribution in [2.75, 3.05) is 6.54 Å². The molecule has 3 rings (SSSR count). The van der Waals surface area contributed by atoms with Crippen LogP contribution in [0.4, 0.5) is 0 Å². The predicted molar refractivity (Wildman–Crippen MR) is 109 cm³/mol. The van der Waals surface area contributed by atoms with Crippen molar-refractivity contribution >= 4 is 17.5 Å². The highest BCUT2D eigenvalue weighted by Gasteiger charge is 2.18. The monoisotopic (exact) mass is 384 g/mol. The molecule has 2 heterocycles. The summed E-state index contributed by atoms with van der Waals surface area (Å²) in [6.07, 6.45) is 6.44. The highest BCUT2D eigenvalue weighted by molar-refractivity contribution is 6.30. The number of benzene rings is 1. The van der Waals surface area contributed by atoms with E-state index in [1.807, 2.05) is 48.1 Å². The van der Waals surface area contributed by atoms with Gasteiger partial charge in [-0.3, -0.25) is 4.79 Å². The summed E-state index contributed by atoms with van der Waals surface area (Å²) in [4.78, 5) is 12.8. The van der Waals surface area contributed by atoms with Crippen molar-refractivity contribution in [3.8, 4) is 17.1 Å². The van der Waals surface area contributed by atoms with Crippen LogP contribution in [0.3, 0.4) is 0 Å². The van der Waals surface area contributed by atoms with Gasteiger partial charge in [0.2, 0.25) is 0 Å². The molecule has 0 radical (unpaired) electrons. The fourth-order valence-electron chi connectivity index (χ4n) is 3.02. The minimum atomic E-state index is -0.116. The molecule has 142 valence electrons. The van der Waals surface area contributed by atoms with Gasteiger partial charge in [0.15, 0.2) is 0 Å². The zero-order valence-corrected chi connectivity index (χ0v) is 16.5. The number of halogens is 1. The van der Waals surface area contributed by atoms with E-state index < -0.39 is 0 Å². The molecule has 0 bridgehead atoms. The highest BCUT2D eigenvalue weighted by Crippen LogP contribution is 2.23. The number of hydrogen-bond acceptors (Lipinski definition) is 2. The van der Waals surface area contributed by atoms with E-state index in [-0.39, 0.29) is 5.91 Å². The Morgan fingerprint density at radius 2 is 1.93 bits per heavy atom. The number of nitrogens with zero attached hydrogens (tertiary/aromatic N) is 3. The Hall–Kier alpha value is -2.53. The Labute approximate surface area is 165 Å². The third kappa shape index (κ3) is 4.61. The average Bonchev–Trinajstić information content (AvgIpc) is 3.28. The summed E-state index contributed by atoms with van der Waals surface area (Å²) in [6.45, 7) is 2.85. The van der Waals surface area contributed by atoms with Crippen LogP contribution in [0.1, 0.15) is 43.1 Å². The van der Waals surface area contributed by atoms with Gasteiger partial charge in [0.25, 0.3) is 5.91 Å². The van der Waals surface area contributed by atoms with E-state index >= 15 is 0 Å². The van der Waals surface area contributed by atoms with E-state index in [1.165, 1.54) is 12.8 Å². The summed E-state index contributed by atoms with van der Waals surface area (Å²) >= 11 is 6.01. The van der Waals surface area contributed by atoms with Crippen molar-refractivity contribution in [1.82, 2.24) is 19.7 Å². The van der Waals surface area contributed by atoms with Crippen LogP contribution in [-0.4, -0.2) is 26.8 Å². The second-order valence-corrected chi connectivity index (χ2v) is 7.06. The number of carbonyl (C=O) groups excluding carboxylic acids is 1. The number of hydrogen-bond donors (Lipinski definition) is 1. The minimum Gasteiger partial charge on any atom is -0.351 e. The van der Waals surface area contributed by atoms with Crippen LogP contribution in [0, 0.1) is 0 Å². The van der Waals surface area contributed by atoms with E-state index in [0.29, 0.717) is 17.3 Å². The van der Waals surface area contributed by atoms with Gasteiger partial charge in [-0.1, -0.05) is 37.8 Å². The van der Waals surface area contributed by atoms with Crippen LogP contribution < -0.4 is 5.32 Å². The van der Waals surface area contributed by atoms with Crippen LogP contribution in [-0.2, 0) is 7.05 Å². The van der Waals surface area contributed by atoms with Crippen LogP contribution in [0.15, 0.2) is 48.7 Å². The zero-order chi connectivity index (χ0) is 19.2. The number of carbonyl (C=O) groups is 1. The second-order valence-electron chi connectivity index (χ2n) is 6.62. The molecule has 0 aliphatic heterocycles. The second kappa shape index (κ2) is 8.91. The molecule has 0 atom stereocenters. The Morgan fingerprint density at radius 3 is 2.59 bits per heavy atom. The lowest BCUT2D eigenvalue weighted by molar-refractivity contribution is 0.0945. The first-order valence-electron chi connectivity index (χ1n) is 9.36. The van der Waals surface area contributed by atoms with Gasteiger partial charge in [0.05, 0.1) is 11.4 Å². The average molecular weight is 385 g/mol. The van der Waals surface area contributed by atoms with Crippen molar-refractivity contribution in [3.05, 3.63) is 59.4 Å².